The Morgan fingerprint density at radius 1 is 1.14 bits per heavy atom. The smallest absolute Gasteiger partial charge is 0.227 e. The van der Waals surface area contributed by atoms with Crippen molar-refractivity contribution in [1.82, 2.24) is 15.3 Å². The highest BCUT2D eigenvalue weighted by Gasteiger charge is 2.26. The van der Waals surface area contributed by atoms with E-state index in [1.807, 2.05) is 34.6 Å². The van der Waals surface area contributed by atoms with Crippen LogP contribution in [0.4, 0.5) is 11.6 Å². The first-order valence-corrected chi connectivity index (χ1v) is 7.43. The molecule has 1 aromatic heterocycles. The molecule has 0 aliphatic rings. The van der Waals surface area contributed by atoms with Gasteiger partial charge < -0.3 is 16.0 Å². The van der Waals surface area contributed by atoms with Crippen LogP contribution in [-0.2, 0) is 11.2 Å². The summed E-state index contributed by atoms with van der Waals surface area (Å²) in [5.41, 5.74) is 0.471. The minimum absolute atomic E-state index is 0.00401. The van der Waals surface area contributed by atoms with Gasteiger partial charge in [-0.05, 0) is 27.7 Å². The lowest BCUT2D eigenvalue weighted by Crippen LogP contribution is -2.39. The summed E-state index contributed by atoms with van der Waals surface area (Å²) in [5, 5.41) is 9.23. The maximum absolute atomic E-state index is 11.8. The number of anilines is 2. The maximum atomic E-state index is 11.8. The van der Waals surface area contributed by atoms with E-state index in [4.69, 9.17) is 0 Å². The van der Waals surface area contributed by atoms with Gasteiger partial charge in [-0.15, -0.1) is 0 Å². The lowest BCUT2D eigenvalue weighted by atomic mass is 9.92. The van der Waals surface area contributed by atoms with Gasteiger partial charge in [0.05, 0.1) is 5.41 Å². The number of carbonyl (C=O) groups excluding carboxylic acids is 1. The third-order valence-corrected chi connectivity index (χ3v) is 3.39. The van der Waals surface area contributed by atoms with Crippen LogP contribution in [-0.4, -0.2) is 36.0 Å². The zero-order valence-electron chi connectivity index (χ0n) is 13.9. The van der Waals surface area contributed by atoms with E-state index in [1.165, 1.54) is 0 Å². The number of amides is 1. The normalized spacial score (nSPS) is 11.1. The SMILES string of the molecule is CCNc1nc(CC)nc(NCC(C)(C)C(=O)NC)c1C. The molecule has 0 saturated heterocycles. The van der Waals surface area contributed by atoms with Crippen molar-refractivity contribution in [3.05, 3.63) is 11.4 Å². The van der Waals surface area contributed by atoms with Gasteiger partial charge in [-0.25, -0.2) is 9.97 Å². The molecule has 3 N–H and O–H groups in total. The van der Waals surface area contributed by atoms with Crippen LogP contribution in [0.25, 0.3) is 0 Å². The molecule has 0 spiro atoms. The molecule has 6 nitrogen and oxygen atoms in total. The van der Waals surface area contributed by atoms with Gasteiger partial charge in [-0.1, -0.05) is 6.92 Å². The van der Waals surface area contributed by atoms with E-state index < -0.39 is 5.41 Å². The van der Waals surface area contributed by atoms with Crippen molar-refractivity contribution in [2.45, 2.75) is 41.0 Å². The van der Waals surface area contributed by atoms with Gasteiger partial charge in [0, 0.05) is 32.1 Å². The lowest BCUT2D eigenvalue weighted by molar-refractivity contribution is -0.128. The predicted octanol–water partition coefficient (Wildman–Crippen LogP) is 1.96. The van der Waals surface area contributed by atoms with Crippen molar-refractivity contribution in [2.75, 3.05) is 30.8 Å². The molecule has 0 unspecified atom stereocenters. The van der Waals surface area contributed by atoms with Crippen molar-refractivity contribution in [3.63, 3.8) is 0 Å². The van der Waals surface area contributed by atoms with Gasteiger partial charge in [0.1, 0.15) is 17.5 Å². The first-order chi connectivity index (χ1) is 9.85. The fourth-order valence-corrected chi connectivity index (χ4v) is 1.96. The van der Waals surface area contributed by atoms with Crippen LogP contribution in [0.3, 0.4) is 0 Å². The molecule has 0 aromatic carbocycles. The van der Waals surface area contributed by atoms with E-state index in [0.717, 1.165) is 36.0 Å². The summed E-state index contributed by atoms with van der Waals surface area (Å²) in [6.07, 6.45) is 0.770. The van der Waals surface area contributed by atoms with Gasteiger partial charge in [0.15, 0.2) is 0 Å². The monoisotopic (exact) mass is 293 g/mol. The first kappa shape index (κ1) is 17.2. The van der Waals surface area contributed by atoms with Gasteiger partial charge >= 0.3 is 0 Å². The van der Waals surface area contributed by atoms with Gasteiger partial charge in [-0.2, -0.15) is 0 Å². The Morgan fingerprint density at radius 3 is 2.19 bits per heavy atom. The molecule has 6 heteroatoms. The zero-order valence-corrected chi connectivity index (χ0v) is 13.9. The van der Waals surface area contributed by atoms with Crippen LogP contribution < -0.4 is 16.0 Å². The zero-order chi connectivity index (χ0) is 16.0. The average Bonchev–Trinajstić information content (AvgIpc) is 2.47. The number of aryl methyl sites for hydroxylation is 1. The molecule has 1 rings (SSSR count). The molecule has 1 amide bonds. The molecular formula is C15H27N5O. The van der Waals surface area contributed by atoms with Crippen LogP contribution in [0, 0.1) is 12.3 Å². The molecule has 0 aliphatic carbocycles. The van der Waals surface area contributed by atoms with E-state index in [-0.39, 0.29) is 5.91 Å². The summed E-state index contributed by atoms with van der Waals surface area (Å²) < 4.78 is 0. The van der Waals surface area contributed by atoms with Crippen LogP contribution in [0.15, 0.2) is 0 Å². The summed E-state index contributed by atoms with van der Waals surface area (Å²) in [4.78, 5) is 20.9. The van der Waals surface area contributed by atoms with E-state index in [9.17, 15) is 4.79 Å². The third-order valence-electron chi connectivity index (χ3n) is 3.39. The number of hydrogen-bond donors (Lipinski definition) is 3. The van der Waals surface area contributed by atoms with E-state index in [0.29, 0.717) is 6.54 Å². The van der Waals surface area contributed by atoms with Crippen LogP contribution in [0.2, 0.25) is 0 Å². The van der Waals surface area contributed by atoms with Crippen LogP contribution in [0.5, 0.6) is 0 Å². The van der Waals surface area contributed by atoms with Crippen molar-refractivity contribution < 1.29 is 4.79 Å². The largest absolute Gasteiger partial charge is 0.370 e. The molecule has 0 aliphatic heterocycles. The standard InChI is InChI=1S/C15H27N5O/c1-7-11-19-12(17-8-2)10(3)13(20-11)18-9-15(4,5)14(21)16-6/h7-9H2,1-6H3,(H,16,21)(H2,17,18,19,20). The summed E-state index contributed by atoms with van der Waals surface area (Å²) in [7, 11) is 1.65. The molecule has 1 aromatic rings. The highest BCUT2D eigenvalue weighted by Crippen LogP contribution is 2.22. The number of aromatic nitrogens is 2. The molecular weight excluding hydrogens is 266 g/mol. The predicted molar refractivity (Wildman–Crippen MR) is 86.6 cm³/mol. The molecule has 1 heterocycles. The summed E-state index contributed by atoms with van der Waals surface area (Å²) >= 11 is 0. The second-order valence-electron chi connectivity index (χ2n) is 5.66. The quantitative estimate of drug-likeness (QED) is 0.716. The number of carbonyl (C=O) groups is 1. The Balaban J connectivity index is 2.97. The third kappa shape index (κ3) is 4.31. The minimum atomic E-state index is -0.503. The van der Waals surface area contributed by atoms with E-state index >= 15 is 0 Å². The van der Waals surface area contributed by atoms with Crippen molar-refractivity contribution in [3.8, 4) is 0 Å². The Bertz CT molecular complexity index is 499. The van der Waals surface area contributed by atoms with Gasteiger partial charge in [0.25, 0.3) is 0 Å². The second-order valence-corrected chi connectivity index (χ2v) is 5.66. The molecule has 0 fully saturated rings. The molecule has 118 valence electrons. The Morgan fingerprint density at radius 2 is 1.71 bits per heavy atom. The van der Waals surface area contributed by atoms with Crippen molar-refractivity contribution >= 4 is 17.5 Å². The molecule has 0 radical (unpaired) electrons. The van der Waals surface area contributed by atoms with Crippen LogP contribution in [0.1, 0.15) is 39.1 Å². The summed E-state index contributed by atoms with van der Waals surface area (Å²) in [6.45, 7) is 11.2. The van der Waals surface area contributed by atoms with E-state index in [2.05, 4.69) is 25.9 Å². The Hall–Kier alpha value is -1.85. The summed E-state index contributed by atoms with van der Waals surface area (Å²) in [5.74, 6) is 2.43. The topological polar surface area (TPSA) is 78.9 Å². The van der Waals surface area contributed by atoms with Crippen molar-refractivity contribution in [1.29, 1.82) is 0 Å². The Kier molecular flexibility index (Phi) is 5.93. The van der Waals surface area contributed by atoms with Crippen LogP contribution >= 0.6 is 0 Å². The number of nitrogens with zero attached hydrogens (tertiary/aromatic N) is 2. The van der Waals surface area contributed by atoms with Gasteiger partial charge in [0.2, 0.25) is 5.91 Å². The highest BCUT2D eigenvalue weighted by atomic mass is 16.2. The first-order valence-electron chi connectivity index (χ1n) is 7.43. The van der Waals surface area contributed by atoms with E-state index in [1.54, 1.807) is 7.05 Å². The fraction of sp³-hybridized carbons (Fsp3) is 0.667. The number of rotatable bonds is 7. The molecule has 0 bridgehead atoms. The number of hydrogen-bond acceptors (Lipinski definition) is 5. The highest BCUT2D eigenvalue weighted by molar-refractivity contribution is 5.82. The molecule has 21 heavy (non-hydrogen) atoms. The number of nitrogens with one attached hydrogen (secondary N) is 3. The second kappa shape index (κ2) is 7.24. The Labute approximate surface area is 127 Å². The van der Waals surface area contributed by atoms with Crippen molar-refractivity contribution in [2.24, 2.45) is 5.41 Å². The minimum Gasteiger partial charge on any atom is -0.370 e. The lowest BCUT2D eigenvalue weighted by Gasteiger charge is -2.24. The average molecular weight is 293 g/mol. The maximum Gasteiger partial charge on any atom is 0.227 e. The molecule has 0 atom stereocenters. The fourth-order valence-electron chi connectivity index (χ4n) is 1.96. The van der Waals surface area contributed by atoms with Gasteiger partial charge in [-0.3, -0.25) is 4.79 Å². The summed E-state index contributed by atoms with van der Waals surface area (Å²) in [6, 6.07) is 0. The molecule has 0 saturated carbocycles.